The Morgan fingerprint density at radius 2 is 1.76 bits per heavy atom. The maximum Gasteiger partial charge on any atom is 0.349 e. The number of hydrogen-bond donors (Lipinski definition) is 1. The Bertz CT molecular complexity index is 1610. The second-order valence-electron chi connectivity index (χ2n) is 9.83. The monoisotopic (exact) mass is 569 g/mol. The summed E-state index contributed by atoms with van der Waals surface area (Å²) in [7, 11) is 1.57. The Hall–Kier alpha value is -4.85. The lowest BCUT2D eigenvalue weighted by Gasteiger charge is -2.14. The van der Waals surface area contributed by atoms with Crippen LogP contribution in [0.1, 0.15) is 67.1 Å². The molecule has 1 aromatic heterocycles. The highest BCUT2D eigenvalue weighted by Crippen LogP contribution is 2.29. The van der Waals surface area contributed by atoms with Crippen molar-refractivity contribution in [2.45, 2.75) is 45.6 Å². The number of ether oxygens (including phenoxy) is 3. The third kappa shape index (κ3) is 8.10. The van der Waals surface area contributed by atoms with Crippen LogP contribution in [0.15, 0.2) is 88.1 Å². The zero-order valence-electron chi connectivity index (χ0n) is 24.1. The van der Waals surface area contributed by atoms with Crippen molar-refractivity contribution in [3.8, 4) is 17.2 Å². The molecule has 0 aliphatic heterocycles. The van der Waals surface area contributed by atoms with Gasteiger partial charge in [-0.1, -0.05) is 62.6 Å². The van der Waals surface area contributed by atoms with Gasteiger partial charge in [0, 0.05) is 17.5 Å². The van der Waals surface area contributed by atoms with Crippen LogP contribution in [0.2, 0.25) is 0 Å². The molecular weight excluding hydrogens is 534 g/mol. The fraction of sp³-hybridized carbons (Fsp3) is 0.265. The van der Waals surface area contributed by atoms with Gasteiger partial charge in [-0.15, -0.1) is 0 Å². The molecule has 1 N–H and O–H groups in total. The number of unbranched alkanes of at least 4 members (excludes halogenated alkanes) is 3. The quantitative estimate of drug-likeness (QED) is 0.0616. The molecule has 4 aromatic rings. The van der Waals surface area contributed by atoms with Gasteiger partial charge in [0.1, 0.15) is 16.9 Å². The number of methoxy groups -OCH3 is 1. The van der Waals surface area contributed by atoms with Crippen molar-refractivity contribution >= 4 is 28.9 Å². The minimum Gasteiger partial charge on any atom is -0.493 e. The predicted octanol–water partition coefficient (Wildman–Crippen LogP) is 6.87. The van der Waals surface area contributed by atoms with Crippen LogP contribution in [0, 0.1) is 0 Å². The molecular formula is C34H35NO7. The van der Waals surface area contributed by atoms with Crippen molar-refractivity contribution in [3.05, 3.63) is 106 Å². The van der Waals surface area contributed by atoms with E-state index in [0.717, 1.165) is 24.0 Å². The third-order valence-electron chi connectivity index (χ3n) is 6.67. The Morgan fingerprint density at radius 1 is 0.952 bits per heavy atom. The zero-order valence-corrected chi connectivity index (χ0v) is 24.1. The van der Waals surface area contributed by atoms with Crippen molar-refractivity contribution in [1.82, 2.24) is 5.32 Å². The van der Waals surface area contributed by atoms with Crippen LogP contribution in [0.5, 0.6) is 17.2 Å². The van der Waals surface area contributed by atoms with E-state index in [1.54, 1.807) is 31.4 Å². The highest BCUT2D eigenvalue weighted by atomic mass is 16.5. The van der Waals surface area contributed by atoms with Gasteiger partial charge in [-0.25, -0.2) is 9.59 Å². The number of fused-ring (bicyclic) bond motifs is 1. The Morgan fingerprint density at radius 3 is 2.52 bits per heavy atom. The van der Waals surface area contributed by atoms with Crippen molar-refractivity contribution in [1.29, 1.82) is 0 Å². The fourth-order valence-electron chi connectivity index (χ4n) is 4.35. The molecule has 42 heavy (non-hydrogen) atoms. The van der Waals surface area contributed by atoms with Crippen LogP contribution in [0.4, 0.5) is 0 Å². The number of carbonyl (C=O) groups is 2. The van der Waals surface area contributed by atoms with Crippen LogP contribution >= 0.6 is 0 Å². The molecule has 4 rings (SSSR count). The maximum absolute atomic E-state index is 12.8. The highest BCUT2D eigenvalue weighted by molar-refractivity contribution is 5.97. The largest absolute Gasteiger partial charge is 0.493 e. The molecule has 0 bridgehead atoms. The van der Waals surface area contributed by atoms with Gasteiger partial charge in [-0.05, 0) is 60.9 Å². The van der Waals surface area contributed by atoms with Gasteiger partial charge in [-0.2, -0.15) is 0 Å². The smallest absolute Gasteiger partial charge is 0.349 e. The molecule has 1 atom stereocenters. The molecule has 0 aliphatic carbocycles. The summed E-state index contributed by atoms with van der Waals surface area (Å²) in [5, 5.41) is 3.33. The number of benzene rings is 3. The summed E-state index contributed by atoms with van der Waals surface area (Å²) in [5.74, 6) is 0.272. The number of nitrogens with one attached hydrogen (secondary N) is 1. The van der Waals surface area contributed by atoms with E-state index in [2.05, 4.69) is 12.2 Å². The summed E-state index contributed by atoms with van der Waals surface area (Å²) in [6.45, 7) is 4.62. The first-order valence-electron chi connectivity index (χ1n) is 14.0. The van der Waals surface area contributed by atoms with E-state index in [9.17, 15) is 14.4 Å². The van der Waals surface area contributed by atoms with Crippen molar-refractivity contribution in [2.75, 3.05) is 13.7 Å². The van der Waals surface area contributed by atoms with Crippen LogP contribution in [0.25, 0.3) is 17.0 Å². The van der Waals surface area contributed by atoms with Gasteiger partial charge in [0.05, 0.1) is 19.8 Å². The molecule has 0 spiro atoms. The Labute approximate surface area is 244 Å². The van der Waals surface area contributed by atoms with Gasteiger partial charge < -0.3 is 23.9 Å². The molecule has 8 heteroatoms. The first-order chi connectivity index (χ1) is 20.4. The minimum absolute atomic E-state index is 0.110. The van der Waals surface area contributed by atoms with Gasteiger partial charge >= 0.3 is 11.6 Å². The number of hydrogen-bond acceptors (Lipinski definition) is 7. The maximum atomic E-state index is 12.8. The van der Waals surface area contributed by atoms with Gasteiger partial charge in [0.2, 0.25) is 0 Å². The zero-order chi connectivity index (χ0) is 29.9. The predicted molar refractivity (Wildman–Crippen MR) is 162 cm³/mol. The summed E-state index contributed by atoms with van der Waals surface area (Å²) in [4.78, 5) is 37.9. The van der Waals surface area contributed by atoms with Crippen molar-refractivity contribution in [2.24, 2.45) is 0 Å². The highest BCUT2D eigenvalue weighted by Gasteiger charge is 2.17. The Kier molecular flexibility index (Phi) is 10.5. The van der Waals surface area contributed by atoms with Crippen LogP contribution in [-0.4, -0.2) is 25.6 Å². The van der Waals surface area contributed by atoms with E-state index in [0.29, 0.717) is 23.5 Å². The van der Waals surface area contributed by atoms with Crippen LogP contribution < -0.4 is 25.2 Å². The molecule has 3 aromatic carbocycles. The van der Waals surface area contributed by atoms with E-state index >= 15 is 0 Å². The fourth-order valence-corrected chi connectivity index (χ4v) is 4.35. The number of carbonyl (C=O) groups excluding carboxylic acids is 2. The van der Waals surface area contributed by atoms with Gasteiger partial charge in [0.15, 0.2) is 11.5 Å². The third-order valence-corrected chi connectivity index (χ3v) is 6.67. The van der Waals surface area contributed by atoms with Crippen LogP contribution in [0.3, 0.4) is 0 Å². The molecule has 0 saturated carbocycles. The summed E-state index contributed by atoms with van der Waals surface area (Å²) >= 11 is 0. The van der Waals surface area contributed by atoms with Gasteiger partial charge in [0.25, 0.3) is 5.91 Å². The molecule has 0 saturated heterocycles. The molecule has 1 heterocycles. The number of rotatable bonds is 13. The van der Waals surface area contributed by atoms with Crippen molar-refractivity contribution in [3.63, 3.8) is 0 Å². The van der Waals surface area contributed by atoms with Crippen LogP contribution in [-0.2, 0) is 4.79 Å². The van der Waals surface area contributed by atoms with E-state index in [4.69, 9.17) is 18.6 Å². The average Bonchev–Trinajstić information content (AvgIpc) is 3.00. The SMILES string of the molecule is CCCCCCOc1ccc(/C=C/C(=O)Oc2ccc3cc(C(=O)NC(C)c4ccccc4)c(=O)oc3c2)cc1OC. The van der Waals surface area contributed by atoms with Gasteiger partial charge in [-0.3, -0.25) is 4.79 Å². The normalized spacial score (nSPS) is 11.8. The molecule has 0 fully saturated rings. The van der Waals surface area contributed by atoms with E-state index in [-0.39, 0.29) is 22.9 Å². The summed E-state index contributed by atoms with van der Waals surface area (Å²) in [5.41, 5.74) is 0.943. The molecule has 0 radical (unpaired) electrons. The molecule has 1 unspecified atom stereocenters. The van der Waals surface area contributed by atoms with E-state index < -0.39 is 17.5 Å². The second-order valence-corrected chi connectivity index (χ2v) is 9.83. The molecule has 1 amide bonds. The number of amides is 1. The number of esters is 1. The van der Waals surface area contributed by atoms with Crippen molar-refractivity contribution < 1.29 is 28.2 Å². The average molecular weight is 570 g/mol. The lowest BCUT2D eigenvalue weighted by molar-refractivity contribution is -0.128. The summed E-state index contributed by atoms with van der Waals surface area (Å²) in [6, 6.07) is 20.6. The van der Waals surface area contributed by atoms with E-state index in [1.165, 1.54) is 31.1 Å². The second kappa shape index (κ2) is 14.7. The first kappa shape index (κ1) is 30.1. The lowest BCUT2D eigenvalue weighted by Crippen LogP contribution is -2.30. The molecule has 8 nitrogen and oxygen atoms in total. The standard InChI is InChI=1S/C34H35NO7/c1-4-5-6-10-19-40-29-17-13-24(20-31(29)39-3)14-18-32(36)41-27-16-15-26-21-28(34(38)42-30(26)22-27)33(37)35-23(2)25-11-8-7-9-12-25/h7-9,11-18,20-23H,4-6,10,19H2,1-3H3,(H,35,37)/b18-14+. The first-order valence-corrected chi connectivity index (χ1v) is 14.0. The molecule has 218 valence electrons. The van der Waals surface area contributed by atoms with E-state index in [1.807, 2.05) is 49.4 Å². The molecule has 0 aliphatic rings. The minimum atomic E-state index is -0.786. The summed E-state index contributed by atoms with van der Waals surface area (Å²) < 4.78 is 22.1. The Balaban J connectivity index is 1.38. The topological polar surface area (TPSA) is 104 Å². The summed E-state index contributed by atoms with van der Waals surface area (Å²) in [6.07, 6.45) is 7.36. The lowest BCUT2D eigenvalue weighted by atomic mass is 10.1.